The summed E-state index contributed by atoms with van der Waals surface area (Å²) < 4.78 is 0. The van der Waals surface area contributed by atoms with Crippen molar-refractivity contribution in [2.75, 3.05) is 18.8 Å². The molecular formula is C14H17N3O4. The van der Waals surface area contributed by atoms with Crippen LogP contribution in [0.3, 0.4) is 0 Å². The van der Waals surface area contributed by atoms with Gasteiger partial charge in [-0.05, 0) is 24.8 Å². The molecule has 2 aliphatic rings. The zero-order valence-corrected chi connectivity index (χ0v) is 11.4. The number of para-hydroxylation sites is 1. The van der Waals surface area contributed by atoms with Gasteiger partial charge in [-0.1, -0.05) is 6.07 Å². The quantitative estimate of drug-likeness (QED) is 0.480. The summed E-state index contributed by atoms with van der Waals surface area (Å²) in [6, 6.07) is 4.26. The Kier molecular flexibility index (Phi) is 3.29. The van der Waals surface area contributed by atoms with Crippen LogP contribution in [0, 0.1) is 22.0 Å². The molecule has 1 saturated heterocycles. The lowest BCUT2D eigenvalue weighted by Gasteiger charge is -2.19. The van der Waals surface area contributed by atoms with E-state index in [9.17, 15) is 20.0 Å². The third-order valence-electron chi connectivity index (χ3n) is 4.62. The van der Waals surface area contributed by atoms with Crippen LogP contribution in [-0.4, -0.2) is 40.0 Å². The van der Waals surface area contributed by atoms with Gasteiger partial charge in [0.1, 0.15) is 5.69 Å². The number of carbonyl (C=O) groups is 1. The van der Waals surface area contributed by atoms with Gasteiger partial charge in [0.15, 0.2) is 0 Å². The van der Waals surface area contributed by atoms with Crippen molar-refractivity contribution in [2.24, 2.45) is 11.8 Å². The summed E-state index contributed by atoms with van der Waals surface area (Å²) >= 11 is 0. The average molecular weight is 291 g/mol. The molecule has 2 fully saturated rings. The number of nitrogen functional groups attached to an aromatic ring is 1. The molecule has 0 bridgehead atoms. The van der Waals surface area contributed by atoms with Crippen LogP contribution in [0.4, 0.5) is 11.4 Å². The first-order valence-electron chi connectivity index (χ1n) is 6.99. The number of aliphatic hydroxyl groups excluding tert-OH is 1. The molecule has 0 spiro atoms. The minimum Gasteiger partial charge on any atom is -0.393 e. The average Bonchev–Trinajstić information content (AvgIpc) is 3.01. The Hall–Kier alpha value is -2.15. The minimum absolute atomic E-state index is 0.0925. The zero-order valence-electron chi connectivity index (χ0n) is 11.4. The third kappa shape index (κ3) is 2.23. The second-order valence-electron chi connectivity index (χ2n) is 5.77. The van der Waals surface area contributed by atoms with Crippen LogP contribution in [0.2, 0.25) is 0 Å². The van der Waals surface area contributed by atoms with Crippen LogP contribution in [0.15, 0.2) is 18.2 Å². The number of amides is 1. The Bertz CT molecular complexity index is 604. The topological polar surface area (TPSA) is 110 Å². The summed E-state index contributed by atoms with van der Waals surface area (Å²) in [6.45, 7) is 1.08. The fourth-order valence-corrected chi connectivity index (χ4v) is 3.47. The summed E-state index contributed by atoms with van der Waals surface area (Å²) in [7, 11) is 0. The van der Waals surface area contributed by atoms with E-state index in [2.05, 4.69) is 0 Å². The normalized spacial score (nSPS) is 27.7. The second kappa shape index (κ2) is 5.00. The van der Waals surface area contributed by atoms with Crippen molar-refractivity contribution >= 4 is 17.3 Å². The monoisotopic (exact) mass is 291 g/mol. The molecule has 3 atom stereocenters. The van der Waals surface area contributed by atoms with Crippen LogP contribution < -0.4 is 5.73 Å². The number of likely N-dealkylation sites (tertiary alicyclic amines) is 1. The molecule has 21 heavy (non-hydrogen) atoms. The number of aliphatic hydroxyl groups is 1. The molecule has 1 aromatic rings. The van der Waals surface area contributed by atoms with Crippen molar-refractivity contribution in [3.63, 3.8) is 0 Å². The number of nitro benzene ring substituents is 1. The maximum absolute atomic E-state index is 12.5. The highest BCUT2D eigenvalue weighted by molar-refractivity contribution is 6.01. The first kappa shape index (κ1) is 13.8. The fraction of sp³-hybridized carbons (Fsp3) is 0.500. The number of nitrogens with zero attached hydrogens (tertiary/aromatic N) is 2. The molecule has 1 amide bonds. The molecule has 0 aromatic heterocycles. The lowest BCUT2D eigenvalue weighted by molar-refractivity contribution is -0.383. The van der Waals surface area contributed by atoms with E-state index in [4.69, 9.17) is 5.73 Å². The molecule has 3 unspecified atom stereocenters. The highest BCUT2D eigenvalue weighted by Gasteiger charge is 2.43. The number of anilines is 1. The zero-order chi connectivity index (χ0) is 15.1. The van der Waals surface area contributed by atoms with Crippen molar-refractivity contribution in [1.29, 1.82) is 0 Å². The van der Waals surface area contributed by atoms with Crippen molar-refractivity contribution in [3.8, 4) is 0 Å². The number of benzene rings is 1. The summed E-state index contributed by atoms with van der Waals surface area (Å²) in [5.74, 6) is 0.149. The van der Waals surface area contributed by atoms with E-state index >= 15 is 0 Å². The summed E-state index contributed by atoms with van der Waals surface area (Å²) in [6.07, 6.45) is 1.35. The van der Waals surface area contributed by atoms with Gasteiger partial charge < -0.3 is 15.7 Å². The number of hydrogen-bond donors (Lipinski definition) is 2. The molecule has 1 aliphatic heterocycles. The predicted octanol–water partition coefficient (Wildman–Crippen LogP) is 1.02. The Labute approximate surface area is 121 Å². The van der Waals surface area contributed by atoms with Crippen molar-refractivity contribution in [2.45, 2.75) is 18.9 Å². The summed E-state index contributed by atoms with van der Waals surface area (Å²) in [5, 5.41) is 20.8. The maximum Gasteiger partial charge on any atom is 0.292 e. The fourth-order valence-electron chi connectivity index (χ4n) is 3.47. The molecule has 0 radical (unpaired) electrons. The largest absolute Gasteiger partial charge is 0.393 e. The van der Waals surface area contributed by atoms with Gasteiger partial charge in [0.25, 0.3) is 11.6 Å². The van der Waals surface area contributed by atoms with E-state index in [1.165, 1.54) is 18.2 Å². The lowest BCUT2D eigenvalue weighted by atomic mass is 10.00. The van der Waals surface area contributed by atoms with E-state index in [-0.39, 0.29) is 34.9 Å². The third-order valence-corrected chi connectivity index (χ3v) is 4.62. The Morgan fingerprint density at radius 1 is 1.38 bits per heavy atom. The van der Waals surface area contributed by atoms with Gasteiger partial charge in [-0.25, -0.2) is 0 Å². The van der Waals surface area contributed by atoms with Crippen LogP contribution in [0.25, 0.3) is 0 Å². The highest BCUT2D eigenvalue weighted by Crippen LogP contribution is 2.39. The van der Waals surface area contributed by atoms with E-state index < -0.39 is 4.92 Å². The van der Waals surface area contributed by atoms with E-state index in [0.717, 1.165) is 12.8 Å². The van der Waals surface area contributed by atoms with Crippen LogP contribution in [0.5, 0.6) is 0 Å². The van der Waals surface area contributed by atoms with Crippen LogP contribution in [-0.2, 0) is 0 Å². The lowest BCUT2D eigenvalue weighted by Crippen LogP contribution is -2.31. The second-order valence-corrected chi connectivity index (χ2v) is 5.77. The molecule has 3 rings (SSSR count). The van der Waals surface area contributed by atoms with Gasteiger partial charge in [-0.15, -0.1) is 0 Å². The Balaban J connectivity index is 1.84. The molecule has 7 nitrogen and oxygen atoms in total. The SMILES string of the molecule is Nc1c(C(=O)N2CC3CCC(O)C3C2)cccc1[N+](=O)[O-]. The Morgan fingerprint density at radius 2 is 2.14 bits per heavy atom. The Morgan fingerprint density at radius 3 is 2.81 bits per heavy atom. The van der Waals surface area contributed by atoms with Gasteiger partial charge in [-0.3, -0.25) is 14.9 Å². The summed E-state index contributed by atoms with van der Waals surface area (Å²) in [4.78, 5) is 24.5. The molecular weight excluding hydrogens is 274 g/mol. The van der Waals surface area contributed by atoms with Gasteiger partial charge >= 0.3 is 0 Å². The van der Waals surface area contributed by atoms with E-state index in [1.54, 1.807) is 4.90 Å². The standard InChI is InChI=1S/C14H17N3O4/c15-13-9(2-1-3-11(13)17(20)21)14(19)16-6-8-4-5-12(18)10(8)7-16/h1-3,8,10,12,18H,4-7,15H2. The van der Waals surface area contributed by atoms with E-state index in [1.807, 2.05) is 0 Å². The first-order valence-corrected chi connectivity index (χ1v) is 6.99. The summed E-state index contributed by atoms with van der Waals surface area (Å²) in [5.41, 5.74) is 5.58. The molecule has 7 heteroatoms. The van der Waals surface area contributed by atoms with Gasteiger partial charge in [0.05, 0.1) is 16.6 Å². The molecule has 1 aromatic carbocycles. The number of nitrogens with two attached hydrogens (primary N) is 1. The van der Waals surface area contributed by atoms with Gasteiger partial charge in [0, 0.05) is 25.1 Å². The number of fused-ring (bicyclic) bond motifs is 1. The van der Waals surface area contributed by atoms with Crippen molar-refractivity contribution in [3.05, 3.63) is 33.9 Å². The number of carbonyl (C=O) groups excluding carboxylic acids is 1. The van der Waals surface area contributed by atoms with Crippen LogP contribution in [0.1, 0.15) is 23.2 Å². The van der Waals surface area contributed by atoms with E-state index in [0.29, 0.717) is 19.0 Å². The molecule has 3 N–H and O–H groups in total. The molecule has 112 valence electrons. The molecule has 1 aliphatic carbocycles. The van der Waals surface area contributed by atoms with Crippen molar-refractivity contribution < 1.29 is 14.8 Å². The molecule has 1 saturated carbocycles. The highest BCUT2D eigenvalue weighted by atomic mass is 16.6. The van der Waals surface area contributed by atoms with Gasteiger partial charge in [0.2, 0.25) is 0 Å². The first-order chi connectivity index (χ1) is 9.99. The smallest absolute Gasteiger partial charge is 0.292 e. The van der Waals surface area contributed by atoms with Gasteiger partial charge in [-0.2, -0.15) is 0 Å². The van der Waals surface area contributed by atoms with Crippen LogP contribution >= 0.6 is 0 Å². The minimum atomic E-state index is -0.589. The van der Waals surface area contributed by atoms with Crippen molar-refractivity contribution in [1.82, 2.24) is 4.90 Å². The maximum atomic E-state index is 12.5. The number of hydrogen-bond acceptors (Lipinski definition) is 5. The number of rotatable bonds is 2. The number of nitro groups is 1. The molecule has 1 heterocycles. The predicted molar refractivity (Wildman–Crippen MR) is 75.6 cm³/mol.